The molecule has 3 heterocycles. The first-order chi connectivity index (χ1) is 18.4. The van der Waals surface area contributed by atoms with Gasteiger partial charge in [-0.3, -0.25) is 9.36 Å². The maximum Gasteiger partial charge on any atom is 0.338 e. The van der Waals surface area contributed by atoms with Gasteiger partial charge < -0.3 is 9.47 Å². The van der Waals surface area contributed by atoms with Gasteiger partial charge in [0.25, 0.3) is 5.56 Å². The Morgan fingerprint density at radius 2 is 2.03 bits per heavy atom. The molecular weight excluding hydrogens is 591 g/mol. The maximum atomic E-state index is 13.9. The van der Waals surface area contributed by atoms with Gasteiger partial charge in [-0.1, -0.05) is 41.7 Å². The summed E-state index contributed by atoms with van der Waals surface area (Å²) >= 11 is 6.25. The number of carbonyl (C=O) groups is 1. The fraction of sp³-hybridized carbons (Fsp3) is 0.179. The number of thiophene rings is 1. The van der Waals surface area contributed by atoms with Crippen molar-refractivity contribution in [3.63, 3.8) is 0 Å². The SMILES string of the molecule is CCOC(=O)C1=C(C)N=c2s/c(=C\c3ccc(OCc4ccccc4F)c(Br)c3)c(=O)n2[C@@H]1c1cccs1. The Hall–Kier alpha value is -3.34. The normalized spacial score (nSPS) is 15.3. The van der Waals surface area contributed by atoms with Gasteiger partial charge in [-0.2, -0.15) is 0 Å². The Kier molecular flexibility index (Phi) is 7.73. The molecular formula is C28H22BrFN2O4S2. The van der Waals surface area contributed by atoms with Crippen molar-refractivity contribution >= 4 is 50.6 Å². The standard InChI is InChI=1S/C28H22BrFN2O4S2/c1-3-35-27(34)24-16(2)31-28-32(25(24)22-9-6-12-37-22)26(33)23(38-28)14-17-10-11-21(19(29)13-17)36-15-18-7-4-5-8-20(18)30/h4-14,25H,3,15H2,1-2H3/b23-14-/t25-/m1/s1. The van der Waals surface area contributed by atoms with E-state index >= 15 is 0 Å². The van der Waals surface area contributed by atoms with E-state index in [9.17, 15) is 14.0 Å². The molecule has 194 valence electrons. The van der Waals surface area contributed by atoms with E-state index in [4.69, 9.17) is 9.47 Å². The molecule has 10 heteroatoms. The van der Waals surface area contributed by atoms with Crippen LogP contribution in [0.2, 0.25) is 0 Å². The summed E-state index contributed by atoms with van der Waals surface area (Å²) in [5, 5.41) is 1.91. The Morgan fingerprint density at radius 3 is 2.74 bits per heavy atom. The zero-order valence-corrected chi connectivity index (χ0v) is 23.7. The van der Waals surface area contributed by atoms with Crippen molar-refractivity contribution in [3.8, 4) is 5.75 Å². The third-order valence-corrected chi connectivity index (χ3v) is 8.45. The Balaban J connectivity index is 1.50. The smallest absolute Gasteiger partial charge is 0.338 e. The van der Waals surface area contributed by atoms with E-state index in [1.54, 1.807) is 48.8 Å². The number of hydrogen-bond donors (Lipinski definition) is 0. The second kappa shape index (κ2) is 11.2. The minimum Gasteiger partial charge on any atom is -0.488 e. The number of aromatic nitrogens is 1. The first-order valence-electron chi connectivity index (χ1n) is 11.8. The minimum atomic E-state index is -0.603. The van der Waals surface area contributed by atoms with Crippen molar-refractivity contribution in [2.75, 3.05) is 6.61 Å². The van der Waals surface area contributed by atoms with Crippen LogP contribution < -0.4 is 19.6 Å². The number of thiazole rings is 1. The maximum absolute atomic E-state index is 13.9. The topological polar surface area (TPSA) is 69.9 Å². The molecule has 1 aliphatic rings. The number of ether oxygens (including phenoxy) is 2. The molecule has 0 radical (unpaired) electrons. The molecule has 0 fully saturated rings. The van der Waals surface area contributed by atoms with Gasteiger partial charge in [-0.15, -0.1) is 11.3 Å². The summed E-state index contributed by atoms with van der Waals surface area (Å²) in [5.74, 6) is -0.242. The Morgan fingerprint density at radius 1 is 1.21 bits per heavy atom. The van der Waals surface area contributed by atoms with Crippen molar-refractivity contribution in [2.45, 2.75) is 26.5 Å². The number of nitrogens with zero attached hydrogens (tertiary/aromatic N) is 2. The molecule has 0 aliphatic carbocycles. The molecule has 2 aromatic carbocycles. The second-order valence-corrected chi connectivity index (χ2v) is 11.2. The van der Waals surface area contributed by atoms with Gasteiger partial charge >= 0.3 is 5.97 Å². The van der Waals surface area contributed by atoms with Crippen LogP contribution in [-0.4, -0.2) is 17.1 Å². The molecule has 0 saturated heterocycles. The van der Waals surface area contributed by atoms with Gasteiger partial charge in [0.2, 0.25) is 0 Å². The number of hydrogen-bond acceptors (Lipinski definition) is 7. The van der Waals surface area contributed by atoms with Crippen LogP contribution in [0.5, 0.6) is 5.75 Å². The van der Waals surface area contributed by atoms with Crippen molar-refractivity contribution in [2.24, 2.45) is 4.99 Å². The highest BCUT2D eigenvalue weighted by atomic mass is 79.9. The van der Waals surface area contributed by atoms with Crippen molar-refractivity contribution < 1.29 is 18.7 Å². The molecule has 5 rings (SSSR count). The van der Waals surface area contributed by atoms with Crippen LogP contribution in [0.4, 0.5) is 4.39 Å². The summed E-state index contributed by atoms with van der Waals surface area (Å²) in [7, 11) is 0. The predicted molar refractivity (Wildman–Crippen MR) is 150 cm³/mol. The lowest BCUT2D eigenvalue weighted by Gasteiger charge is -2.23. The first-order valence-corrected chi connectivity index (χ1v) is 14.2. The number of carbonyl (C=O) groups excluding carboxylic acids is 1. The molecule has 4 aromatic rings. The first kappa shape index (κ1) is 26.3. The summed E-state index contributed by atoms with van der Waals surface area (Å²) in [6.07, 6.45) is 1.78. The van der Waals surface area contributed by atoms with Crippen molar-refractivity contribution in [3.05, 3.63) is 117 Å². The molecule has 6 nitrogen and oxygen atoms in total. The van der Waals surface area contributed by atoms with Crippen molar-refractivity contribution in [1.82, 2.24) is 4.57 Å². The molecule has 0 bridgehead atoms. The molecule has 1 atom stereocenters. The van der Waals surface area contributed by atoms with E-state index in [1.165, 1.54) is 28.7 Å². The number of allylic oxidation sites excluding steroid dienone is 1. The summed E-state index contributed by atoms with van der Waals surface area (Å²) in [4.78, 5) is 32.5. The van der Waals surface area contributed by atoms with Gasteiger partial charge in [0.05, 0.1) is 26.9 Å². The van der Waals surface area contributed by atoms with E-state index in [0.717, 1.165) is 10.4 Å². The zero-order valence-electron chi connectivity index (χ0n) is 20.4. The highest BCUT2D eigenvalue weighted by Gasteiger charge is 2.33. The van der Waals surface area contributed by atoms with E-state index in [1.807, 2.05) is 29.6 Å². The average molecular weight is 614 g/mol. The van der Waals surface area contributed by atoms with Gasteiger partial charge in [0.15, 0.2) is 4.80 Å². The van der Waals surface area contributed by atoms with Crippen LogP contribution in [-0.2, 0) is 16.1 Å². The Bertz CT molecular complexity index is 1720. The average Bonchev–Trinajstić information content (AvgIpc) is 3.52. The fourth-order valence-electron chi connectivity index (χ4n) is 4.15. The lowest BCUT2D eigenvalue weighted by molar-refractivity contribution is -0.139. The number of benzene rings is 2. The summed E-state index contributed by atoms with van der Waals surface area (Å²) < 4.78 is 27.7. The van der Waals surface area contributed by atoms with Crippen LogP contribution in [0.3, 0.4) is 0 Å². The minimum absolute atomic E-state index is 0.0914. The predicted octanol–water partition coefficient (Wildman–Crippen LogP) is 5.34. The third-order valence-electron chi connectivity index (χ3n) is 5.92. The molecule has 1 aliphatic heterocycles. The zero-order chi connectivity index (χ0) is 26.8. The van der Waals surface area contributed by atoms with Gasteiger partial charge in [-0.05, 0) is 71.1 Å². The lowest BCUT2D eigenvalue weighted by Crippen LogP contribution is -2.39. The molecule has 0 N–H and O–H groups in total. The third kappa shape index (κ3) is 5.16. The van der Waals surface area contributed by atoms with E-state index < -0.39 is 12.0 Å². The van der Waals surface area contributed by atoms with Crippen LogP contribution in [0.15, 0.2) is 85.5 Å². The summed E-state index contributed by atoms with van der Waals surface area (Å²) in [6, 6.07) is 15.1. The summed E-state index contributed by atoms with van der Waals surface area (Å²) in [5.41, 5.74) is 1.90. The molecule has 2 aromatic heterocycles. The van der Waals surface area contributed by atoms with Gasteiger partial charge in [0.1, 0.15) is 24.2 Å². The van der Waals surface area contributed by atoms with E-state index in [-0.39, 0.29) is 24.6 Å². The molecule has 0 unspecified atom stereocenters. The molecule has 0 saturated carbocycles. The quantitative estimate of drug-likeness (QED) is 0.264. The molecule has 38 heavy (non-hydrogen) atoms. The number of fused-ring (bicyclic) bond motifs is 1. The molecule has 0 spiro atoms. The monoisotopic (exact) mass is 612 g/mol. The molecule has 0 amide bonds. The largest absolute Gasteiger partial charge is 0.488 e. The van der Waals surface area contributed by atoms with Crippen LogP contribution in [0.25, 0.3) is 6.08 Å². The van der Waals surface area contributed by atoms with Crippen LogP contribution in [0, 0.1) is 5.82 Å². The lowest BCUT2D eigenvalue weighted by atomic mass is 10.0. The number of rotatable bonds is 7. The fourth-order valence-corrected chi connectivity index (χ4v) is 6.53. The highest BCUT2D eigenvalue weighted by Crippen LogP contribution is 2.33. The van der Waals surface area contributed by atoms with Crippen LogP contribution >= 0.6 is 38.6 Å². The van der Waals surface area contributed by atoms with Crippen molar-refractivity contribution in [1.29, 1.82) is 0 Å². The van der Waals surface area contributed by atoms with Gasteiger partial charge in [-0.25, -0.2) is 14.2 Å². The van der Waals surface area contributed by atoms with E-state index in [2.05, 4.69) is 20.9 Å². The highest BCUT2D eigenvalue weighted by molar-refractivity contribution is 9.10. The summed E-state index contributed by atoms with van der Waals surface area (Å²) in [6.45, 7) is 3.83. The van der Waals surface area contributed by atoms with Crippen LogP contribution in [0.1, 0.15) is 35.9 Å². The number of halogens is 2. The Labute approximate surface area is 234 Å². The second-order valence-electron chi connectivity index (χ2n) is 8.39. The van der Waals surface area contributed by atoms with Gasteiger partial charge in [0, 0.05) is 10.4 Å². The number of esters is 1. The van der Waals surface area contributed by atoms with E-state index in [0.29, 0.717) is 36.4 Å².